The Balaban J connectivity index is 2.79. The minimum absolute atomic E-state index is 0.528. The van der Waals surface area contributed by atoms with Crippen LogP contribution in [-0.4, -0.2) is 53.0 Å². The van der Waals surface area contributed by atoms with Crippen LogP contribution in [0.5, 0.6) is 11.5 Å². The highest BCUT2D eigenvalue weighted by Gasteiger charge is 2.78. The van der Waals surface area contributed by atoms with Gasteiger partial charge in [0.1, 0.15) is 11.5 Å². The van der Waals surface area contributed by atoms with Crippen LogP contribution in [0.25, 0.3) is 0 Å². The molecule has 0 bridgehead atoms. The number of phenolic OH excluding ortho intramolecular Hbond substituents is 2. The third-order valence-corrected chi connectivity index (χ3v) is 14.9. The van der Waals surface area contributed by atoms with Crippen LogP contribution in [0.15, 0.2) is 93.5 Å². The lowest BCUT2D eigenvalue weighted by molar-refractivity contribution is -0.243. The summed E-state index contributed by atoms with van der Waals surface area (Å²) in [5, 5.41) is 4.90. The summed E-state index contributed by atoms with van der Waals surface area (Å²) in [4.78, 5) is -2.97. The van der Waals surface area contributed by atoms with Gasteiger partial charge in [-0.3, -0.25) is 0 Å². The van der Waals surface area contributed by atoms with Crippen molar-refractivity contribution >= 4 is 30.3 Å². The zero-order valence-corrected chi connectivity index (χ0v) is 22.4. The van der Waals surface area contributed by atoms with Gasteiger partial charge in [0.15, 0.2) is 0 Å². The van der Waals surface area contributed by atoms with Crippen molar-refractivity contribution in [1.29, 1.82) is 0 Å². The van der Waals surface area contributed by atoms with Crippen LogP contribution in [0.3, 0.4) is 0 Å². The molecule has 0 aromatic heterocycles. The predicted octanol–water partition coefficient (Wildman–Crippen LogP) is 6.57. The summed E-state index contributed by atoms with van der Waals surface area (Å²) in [6.45, 7) is 0. The summed E-state index contributed by atoms with van der Waals surface area (Å²) in [7, 11) is -21.7. The summed E-state index contributed by atoms with van der Waals surface area (Å²) in [5.41, 5.74) is 0. The molecule has 0 atom stereocenters. The van der Waals surface area contributed by atoms with Crippen molar-refractivity contribution in [3.8, 4) is 11.5 Å². The summed E-state index contributed by atoms with van der Waals surface area (Å²) >= 11 is 0. The van der Waals surface area contributed by atoms with Crippen LogP contribution in [-0.2, 0) is 20.0 Å². The Morgan fingerprint density at radius 1 is 0.476 bits per heavy atom. The van der Waals surface area contributed by atoms with E-state index >= 15 is 0 Å². The number of phenols is 2. The smallest absolute Gasteiger partial charge is 0.471 e. The van der Waals surface area contributed by atoms with E-state index in [1.54, 1.807) is 0 Å². The molecule has 3 rings (SSSR count). The number of sulfonamides is 2. The maximum Gasteiger partial charge on any atom is 0.471 e. The zero-order valence-electron chi connectivity index (χ0n) is 20.0. The quantitative estimate of drug-likeness (QED) is 0.262. The van der Waals surface area contributed by atoms with Gasteiger partial charge in [-0.2, -0.15) is 43.9 Å². The first kappa shape index (κ1) is 33.3. The molecule has 0 saturated heterocycles. The largest absolute Gasteiger partial charge is 0.508 e. The predicted molar refractivity (Wildman–Crippen MR) is 127 cm³/mol. The van der Waals surface area contributed by atoms with Crippen molar-refractivity contribution in [3.63, 3.8) is 0 Å². The summed E-state index contributed by atoms with van der Waals surface area (Å²) in [6, 6.07) is 8.92. The standard InChI is InChI=1S/C22H15F10NO6S3/c23-19(24,25)21(29,30)41(36,37)33(42(38,39)22(31,32)20(26,27)28)40(16-4-2-1-3-5-16,17-10-6-14(34)7-11-17)18-12-8-15(35)9-13-18/h1-13,34-35H. The number of aromatic hydroxyl groups is 2. The SMILES string of the molecule is O=S(=O)(N(S(c1ccccc1)(c1ccc(O)cc1)c1ccc(O)cc1)S(=O)(=O)C(F)(F)C(F)(F)F)C(F)(F)C(F)(F)F. The van der Waals surface area contributed by atoms with Crippen molar-refractivity contribution in [1.82, 2.24) is 3.12 Å². The molecule has 3 aromatic carbocycles. The Labute approximate surface area is 232 Å². The summed E-state index contributed by atoms with van der Waals surface area (Å²) in [6.07, 6.45) is -14.5. The van der Waals surface area contributed by atoms with Gasteiger partial charge in [0.25, 0.3) is 0 Å². The highest BCUT2D eigenvalue weighted by molar-refractivity contribution is 8.41. The van der Waals surface area contributed by atoms with Gasteiger partial charge in [-0.25, -0.2) is 16.8 Å². The van der Waals surface area contributed by atoms with Crippen molar-refractivity contribution in [3.05, 3.63) is 78.9 Å². The topological polar surface area (TPSA) is 112 Å². The van der Waals surface area contributed by atoms with Crippen LogP contribution in [0, 0.1) is 0 Å². The van der Waals surface area contributed by atoms with Crippen LogP contribution in [0.4, 0.5) is 43.9 Å². The second-order valence-corrected chi connectivity index (χ2v) is 15.4. The van der Waals surface area contributed by atoms with E-state index < -0.39 is 82.4 Å². The number of rotatable bonds is 8. The number of hydrogen-bond acceptors (Lipinski definition) is 6. The van der Waals surface area contributed by atoms with Gasteiger partial charge < -0.3 is 10.2 Å². The Morgan fingerprint density at radius 2 is 0.762 bits per heavy atom. The molecule has 0 amide bonds. The second-order valence-electron chi connectivity index (χ2n) is 8.08. The van der Waals surface area contributed by atoms with E-state index in [0.29, 0.717) is 60.7 Å². The molecule has 0 unspecified atom stereocenters. The highest BCUT2D eigenvalue weighted by atomic mass is 32.4. The van der Waals surface area contributed by atoms with Gasteiger partial charge in [-0.05, 0) is 63.8 Å². The third-order valence-electron chi connectivity index (χ3n) is 5.36. The van der Waals surface area contributed by atoms with Crippen LogP contribution in [0.2, 0.25) is 0 Å². The molecular formula is C22H15F10NO6S3. The van der Waals surface area contributed by atoms with Gasteiger partial charge in [0.05, 0.1) is 0 Å². The van der Waals surface area contributed by atoms with Gasteiger partial charge in [-0.15, -0.1) is 0 Å². The average molecular weight is 676 g/mol. The maximum atomic E-state index is 14.8. The molecule has 20 heteroatoms. The fourth-order valence-electron chi connectivity index (χ4n) is 3.47. The fraction of sp³-hybridized carbons (Fsp3) is 0.182. The lowest BCUT2D eigenvalue weighted by Crippen LogP contribution is -2.59. The van der Waals surface area contributed by atoms with Crippen LogP contribution >= 0.6 is 10.2 Å². The molecule has 0 aliphatic rings. The van der Waals surface area contributed by atoms with E-state index in [1.807, 2.05) is 0 Å². The molecule has 3 aromatic rings. The minimum Gasteiger partial charge on any atom is -0.508 e. The first-order valence-corrected chi connectivity index (χ1v) is 15.1. The first-order valence-electron chi connectivity index (χ1n) is 10.6. The number of nitrogens with zero attached hydrogens (tertiary/aromatic N) is 1. The van der Waals surface area contributed by atoms with E-state index in [4.69, 9.17) is 0 Å². The van der Waals surface area contributed by atoms with Gasteiger partial charge >= 0.3 is 42.9 Å². The van der Waals surface area contributed by atoms with Gasteiger partial charge in [-0.1, -0.05) is 28.4 Å². The van der Waals surface area contributed by atoms with E-state index in [-0.39, 0.29) is 0 Å². The first-order chi connectivity index (χ1) is 19.0. The summed E-state index contributed by atoms with van der Waals surface area (Å²) < 4.78 is 191. The molecule has 42 heavy (non-hydrogen) atoms. The van der Waals surface area contributed by atoms with E-state index in [2.05, 4.69) is 0 Å². The molecule has 0 aliphatic carbocycles. The van der Waals surface area contributed by atoms with E-state index in [0.717, 1.165) is 18.2 Å². The fourth-order valence-corrected chi connectivity index (χ4v) is 13.4. The van der Waals surface area contributed by atoms with E-state index in [1.165, 1.54) is 0 Å². The Hall–Kier alpha value is -3.23. The molecule has 0 saturated carbocycles. The molecular weight excluding hydrogens is 660 g/mol. The lowest BCUT2D eigenvalue weighted by Gasteiger charge is -2.48. The lowest BCUT2D eigenvalue weighted by atomic mass is 10.3. The molecule has 0 aliphatic heterocycles. The molecule has 232 valence electrons. The summed E-state index contributed by atoms with van der Waals surface area (Å²) in [5.74, 6) is -1.41. The Bertz CT molecular complexity index is 1540. The van der Waals surface area contributed by atoms with Crippen molar-refractivity contribution in [2.24, 2.45) is 0 Å². The molecule has 2 N–H and O–H groups in total. The monoisotopic (exact) mass is 675 g/mol. The Kier molecular flexibility index (Phi) is 8.31. The van der Waals surface area contributed by atoms with Crippen LogP contribution < -0.4 is 0 Å². The maximum absolute atomic E-state index is 14.8. The van der Waals surface area contributed by atoms with Crippen molar-refractivity contribution in [2.45, 2.75) is 37.5 Å². The molecule has 7 nitrogen and oxygen atoms in total. The van der Waals surface area contributed by atoms with Crippen molar-refractivity contribution < 1.29 is 71.0 Å². The molecule has 0 radical (unpaired) electrons. The number of alkyl halides is 10. The molecule has 0 spiro atoms. The molecule has 0 heterocycles. The second kappa shape index (κ2) is 10.5. The normalized spacial score (nSPS) is 14.6. The van der Waals surface area contributed by atoms with Crippen molar-refractivity contribution in [2.75, 3.05) is 0 Å². The van der Waals surface area contributed by atoms with Crippen LogP contribution in [0.1, 0.15) is 0 Å². The Morgan fingerprint density at radius 3 is 1.05 bits per heavy atom. The number of hydrogen-bond donors (Lipinski definition) is 2. The third kappa shape index (κ3) is 5.02. The zero-order chi connectivity index (χ0) is 32.2. The highest BCUT2D eigenvalue weighted by Crippen LogP contribution is 2.74. The van der Waals surface area contributed by atoms with E-state index in [9.17, 15) is 71.0 Å². The molecule has 0 fully saturated rings. The average Bonchev–Trinajstić information content (AvgIpc) is 2.87. The van der Waals surface area contributed by atoms with Gasteiger partial charge in [0.2, 0.25) is 0 Å². The minimum atomic E-state index is -8.16. The number of halogens is 10. The number of benzene rings is 3. The van der Waals surface area contributed by atoms with Gasteiger partial charge in [0, 0.05) is 14.7 Å².